The molecule has 18 heavy (non-hydrogen) atoms. The van der Waals surface area contributed by atoms with Crippen LogP contribution < -0.4 is 0 Å². The molecule has 0 fully saturated rings. The zero-order valence-electron chi connectivity index (χ0n) is 9.76. The maximum atomic E-state index is 13.8. The van der Waals surface area contributed by atoms with Crippen molar-refractivity contribution in [3.05, 3.63) is 48.3 Å². The van der Waals surface area contributed by atoms with Crippen LogP contribution in [0.5, 0.6) is 5.75 Å². The number of fused-ring (bicyclic) bond motifs is 1. The Labute approximate surface area is 103 Å². The number of hydrogen-bond donors (Lipinski definition) is 1. The van der Waals surface area contributed by atoms with Gasteiger partial charge in [0.2, 0.25) is 0 Å². The summed E-state index contributed by atoms with van der Waals surface area (Å²) in [6.07, 6.45) is 0. The fraction of sp³-hybridized carbons (Fsp3) is 0.0714. The highest BCUT2D eigenvalue weighted by molar-refractivity contribution is 5.81. The third-order valence-corrected chi connectivity index (χ3v) is 3.00. The van der Waals surface area contributed by atoms with E-state index in [2.05, 4.69) is 4.98 Å². The summed E-state index contributed by atoms with van der Waals surface area (Å²) in [5, 5.41) is 9.80. The second kappa shape index (κ2) is 3.84. The summed E-state index contributed by atoms with van der Waals surface area (Å²) in [4.78, 5) is 4.37. The third-order valence-electron chi connectivity index (χ3n) is 3.00. The van der Waals surface area contributed by atoms with Gasteiger partial charge in [0.1, 0.15) is 17.4 Å². The molecule has 90 valence electrons. The summed E-state index contributed by atoms with van der Waals surface area (Å²) in [7, 11) is 1.80. The first-order valence-electron chi connectivity index (χ1n) is 5.58. The average Bonchev–Trinajstić information content (AvgIpc) is 2.68. The molecule has 0 spiro atoms. The molecule has 3 aromatic rings. The lowest BCUT2D eigenvalue weighted by Crippen LogP contribution is -1.95. The molecule has 3 nitrogen and oxygen atoms in total. The van der Waals surface area contributed by atoms with Crippen LogP contribution in [0.1, 0.15) is 0 Å². The minimum atomic E-state index is -0.478. The highest BCUT2D eigenvalue weighted by Gasteiger charge is 2.16. The fourth-order valence-electron chi connectivity index (χ4n) is 2.10. The molecule has 4 heteroatoms. The van der Waals surface area contributed by atoms with Crippen molar-refractivity contribution in [1.29, 1.82) is 0 Å². The van der Waals surface area contributed by atoms with E-state index in [0.717, 1.165) is 11.0 Å². The van der Waals surface area contributed by atoms with Crippen molar-refractivity contribution in [2.75, 3.05) is 0 Å². The maximum Gasteiger partial charge on any atom is 0.147 e. The van der Waals surface area contributed by atoms with Crippen LogP contribution in [0.3, 0.4) is 0 Å². The minimum Gasteiger partial charge on any atom is -0.507 e. The Morgan fingerprint density at radius 2 is 1.89 bits per heavy atom. The Kier molecular flexibility index (Phi) is 2.30. The molecule has 3 rings (SSSR count). The van der Waals surface area contributed by atoms with Crippen LogP contribution in [0.15, 0.2) is 42.5 Å². The van der Waals surface area contributed by atoms with Crippen molar-refractivity contribution in [3.63, 3.8) is 0 Å². The van der Waals surface area contributed by atoms with Crippen molar-refractivity contribution in [3.8, 4) is 17.1 Å². The normalized spacial score (nSPS) is 11.0. The molecule has 0 radical (unpaired) electrons. The van der Waals surface area contributed by atoms with E-state index in [4.69, 9.17) is 0 Å². The number of halogens is 1. The molecule has 0 amide bonds. The number of benzene rings is 2. The first kappa shape index (κ1) is 10.8. The van der Waals surface area contributed by atoms with E-state index < -0.39 is 5.82 Å². The van der Waals surface area contributed by atoms with Gasteiger partial charge in [-0.05, 0) is 24.3 Å². The molecule has 0 atom stereocenters. The number of imidazole rings is 1. The van der Waals surface area contributed by atoms with Gasteiger partial charge in [0.05, 0.1) is 16.6 Å². The van der Waals surface area contributed by atoms with Gasteiger partial charge in [0.15, 0.2) is 0 Å². The van der Waals surface area contributed by atoms with Crippen molar-refractivity contribution < 1.29 is 9.50 Å². The van der Waals surface area contributed by atoms with Crippen LogP contribution in [0.2, 0.25) is 0 Å². The third kappa shape index (κ3) is 1.46. The second-order valence-corrected chi connectivity index (χ2v) is 4.12. The van der Waals surface area contributed by atoms with Gasteiger partial charge in [-0.2, -0.15) is 0 Å². The van der Waals surface area contributed by atoms with Crippen LogP contribution in [-0.4, -0.2) is 14.7 Å². The standard InChI is InChI=1S/C14H11FN2O/c1-17-11-7-3-2-6-10(11)16-14(17)13-9(15)5-4-8-12(13)18/h2-8,18H,1H3. The molecular formula is C14H11FN2O. The summed E-state index contributed by atoms with van der Waals surface area (Å²) in [6, 6.07) is 11.8. The summed E-state index contributed by atoms with van der Waals surface area (Å²) in [5.41, 5.74) is 1.81. The highest BCUT2D eigenvalue weighted by atomic mass is 19.1. The van der Waals surface area contributed by atoms with E-state index in [1.165, 1.54) is 18.2 Å². The summed E-state index contributed by atoms with van der Waals surface area (Å²) >= 11 is 0. The van der Waals surface area contributed by atoms with Crippen molar-refractivity contribution in [2.24, 2.45) is 7.05 Å². The van der Waals surface area contributed by atoms with E-state index in [9.17, 15) is 9.50 Å². The number of aromatic nitrogens is 2. The summed E-state index contributed by atoms with van der Waals surface area (Å²) in [5.74, 6) is -0.159. The maximum absolute atomic E-state index is 13.8. The lowest BCUT2D eigenvalue weighted by atomic mass is 10.2. The number of rotatable bonds is 1. The summed E-state index contributed by atoms with van der Waals surface area (Å²) in [6.45, 7) is 0. The van der Waals surface area contributed by atoms with Gasteiger partial charge in [-0.25, -0.2) is 9.37 Å². The van der Waals surface area contributed by atoms with Crippen LogP contribution in [0.4, 0.5) is 4.39 Å². The minimum absolute atomic E-state index is 0.103. The number of aryl methyl sites for hydroxylation is 1. The van der Waals surface area contributed by atoms with Crippen molar-refractivity contribution >= 4 is 11.0 Å². The van der Waals surface area contributed by atoms with Gasteiger partial charge in [0, 0.05) is 7.05 Å². The van der Waals surface area contributed by atoms with Crippen LogP contribution in [0, 0.1) is 5.82 Å². The monoisotopic (exact) mass is 242 g/mol. The molecule has 0 bridgehead atoms. The lowest BCUT2D eigenvalue weighted by Gasteiger charge is -2.05. The molecule has 0 saturated carbocycles. The van der Waals surface area contributed by atoms with Crippen molar-refractivity contribution in [1.82, 2.24) is 9.55 Å². The van der Waals surface area contributed by atoms with Crippen LogP contribution in [0.25, 0.3) is 22.4 Å². The van der Waals surface area contributed by atoms with Gasteiger partial charge in [-0.15, -0.1) is 0 Å². The second-order valence-electron chi connectivity index (χ2n) is 4.12. The largest absolute Gasteiger partial charge is 0.507 e. The SMILES string of the molecule is Cn1c(-c2c(O)cccc2F)nc2ccccc21. The summed E-state index contributed by atoms with van der Waals surface area (Å²) < 4.78 is 15.6. The molecule has 0 aliphatic carbocycles. The quantitative estimate of drug-likeness (QED) is 0.712. The Bertz CT molecular complexity index is 713. The average molecular weight is 242 g/mol. The van der Waals surface area contributed by atoms with E-state index in [-0.39, 0.29) is 11.3 Å². The molecule has 0 aliphatic heterocycles. The van der Waals surface area contributed by atoms with Gasteiger partial charge >= 0.3 is 0 Å². The zero-order chi connectivity index (χ0) is 12.7. The first-order chi connectivity index (χ1) is 8.68. The molecule has 1 heterocycles. The predicted molar refractivity (Wildman–Crippen MR) is 67.8 cm³/mol. The number of phenolic OH excluding ortho intramolecular Hbond substituents is 1. The predicted octanol–water partition coefficient (Wildman–Crippen LogP) is 3.09. The Balaban J connectivity index is 2.36. The van der Waals surface area contributed by atoms with Gasteiger partial charge < -0.3 is 9.67 Å². The molecule has 1 aromatic heterocycles. The molecule has 0 unspecified atom stereocenters. The first-order valence-corrected chi connectivity index (χ1v) is 5.58. The number of aromatic hydroxyl groups is 1. The zero-order valence-corrected chi connectivity index (χ0v) is 9.76. The van der Waals surface area contributed by atoms with Gasteiger partial charge in [0.25, 0.3) is 0 Å². The number of para-hydroxylation sites is 2. The number of phenols is 1. The Morgan fingerprint density at radius 3 is 2.61 bits per heavy atom. The van der Waals surface area contributed by atoms with Crippen molar-refractivity contribution in [2.45, 2.75) is 0 Å². The van der Waals surface area contributed by atoms with E-state index in [1.54, 1.807) is 11.6 Å². The topological polar surface area (TPSA) is 38.0 Å². The molecule has 0 aliphatic rings. The van der Waals surface area contributed by atoms with E-state index >= 15 is 0 Å². The van der Waals surface area contributed by atoms with Gasteiger partial charge in [-0.1, -0.05) is 18.2 Å². The Morgan fingerprint density at radius 1 is 1.11 bits per heavy atom. The number of nitrogens with zero attached hydrogens (tertiary/aromatic N) is 2. The van der Waals surface area contributed by atoms with Crippen LogP contribution >= 0.6 is 0 Å². The molecule has 0 saturated heterocycles. The molecule has 2 aromatic carbocycles. The van der Waals surface area contributed by atoms with Gasteiger partial charge in [-0.3, -0.25) is 0 Å². The smallest absolute Gasteiger partial charge is 0.147 e. The lowest BCUT2D eigenvalue weighted by molar-refractivity contribution is 0.471. The number of hydrogen-bond acceptors (Lipinski definition) is 2. The van der Waals surface area contributed by atoms with Crippen LogP contribution in [-0.2, 0) is 7.05 Å². The van der Waals surface area contributed by atoms with E-state index in [0.29, 0.717) is 5.82 Å². The fourth-order valence-corrected chi connectivity index (χ4v) is 2.10. The highest BCUT2D eigenvalue weighted by Crippen LogP contribution is 2.32. The van der Waals surface area contributed by atoms with E-state index in [1.807, 2.05) is 24.3 Å². The Hall–Kier alpha value is -2.36. The molecular weight excluding hydrogens is 231 g/mol. The molecule has 1 N–H and O–H groups in total.